The molecule has 0 unspecified atom stereocenters. The van der Waals surface area contributed by atoms with Gasteiger partial charge in [-0.3, -0.25) is 0 Å². The Hall–Kier alpha value is 0.130. The minimum Gasteiger partial charge on any atom is -0.308 e. The molecule has 0 N–H and O–H groups in total. The third-order valence-electron chi connectivity index (χ3n) is 1.22. The van der Waals surface area contributed by atoms with Gasteiger partial charge in [0.2, 0.25) is 0 Å². The van der Waals surface area contributed by atoms with Gasteiger partial charge in [0, 0.05) is 17.3 Å². The molecule has 0 saturated carbocycles. The monoisotopic (exact) mass is 255 g/mol. The van der Waals surface area contributed by atoms with E-state index in [1.54, 1.807) is 6.08 Å². The van der Waals surface area contributed by atoms with Gasteiger partial charge in [-0.05, 0) is 14.1 Å². The van der Waals surface area contributed by atoms with Crippen molar-refractivity contribution in [2.75, 3.05) is 31.7 Å². The molecule has 0 bridgehead atoms. The first kappa shape index (κ1) is 12.1. The Bertz CT molecular complexity index is 234. The highest BCUT2D eigenvalue weighted by atomic mass is 79.9. The minimum atomic E-state index is -2.99. The van der Waals surface area contributed by atoms with Gasteiger partial charge in [-0.2, -0.15) is 0 Å². The standard InChI is InChI=1S/C7H14BrNO2S/c1-9(2)5-7-12(10,11)6-3-4-8/h3,6H,4-5,7H2,1-2H3/b6-3+. The van der Waals surface area contributed by atoms with Gasteiger partial charge in [0.1, 0.15) is 0 Å². The highest BCUT2D eigenvalue weighted by Crippen LogP contribution is 1.94. The maximum Gasteiger partial charge on any atom is 0.172 e. The molecule has 0 saturated heterocycles. The number of hydrogen-bond donors (Lipinski definition) is 0. The molecule has 0 amide bonds. The largest absolute Gasteiger partial charge is 0.308 e. The smallest absolute Gasteiger partial charge is 0.172 e. The van der Waals surface area contributed by atoms with Crippen molar-refractivity contribution < 1.29 is 8.42 Å². The first-order chi connectivity index (χ1) is 5.48. The van der Waals surface area contributed by atoms with Crippen LogP contribution in [0, 0.1) is 0 Å². The quantitative estimate of drug-likeness (QED) is 0.685. The highest BCUT2D eigenvalue weighted by molar-refractivity contribution is 9.09. The van der Waals surface area contributed by atoms with Crippen LogP contribution in [-0.2, 0) is 9.84 Å². The van der Waals surface area contributed by atoms with E-state index in [1.165, 1.54) is 5.41 Å². The number of halogens is 1. The van der Waals surface area contributed by atoms with Crippen molar-refractivity contribution in [3.63, 3.8) is 0 Å². The summed E-state index contributed by atoms with van der Waals surface area (Å²) in [6.45, 7) is 0.564. The van der Waals surface area contributed by atoms with Crippen LogP contribution in [0.1, 0.15) is 0 Å². The predicted octanol–water partition coefficient (Wildman–Crippen LogP) is 0.871. The van der Waals surface area contributed by atoms with Gasteiger partial charge in [-0.1, -0.05) is 22.0 Å². The third kappa shape index (κ3) is 6.82. The maximum absolute atomic E-state index is 11.2. The Kier molecular flexibility index (Phi) is 5.78. The lowest BCUT2D eigenvalue weighted by Gasteiger charge is -2.07. The molecule has 0 aromatic heterocycles. The molecule has 0 spiro atoms. The zero-order valence-electron chi connectivity index (χ0n) is 7.33. The molecule has 0 heterocycles. The normalized spacial score (nSPS) is 13.0. The number of allylic oxidation sites excluding steroid dienone is 1. The van der Waals surface area contributed by atoms with Crippen molar-refractivity contribution in [1.29, 1.82) is 0 Å². The van der Waals surface area contributed by atoms with Crippen molar-refractivity contribution in [3.05, 3.63) is 11.5 Å². The molecule has 0 fully saturated rings. The minimum absolute atomic E-state index is 0.184. The maximum atomic E-state index is 11.2. The van der Waals surface area contributed by atoms with Crippen LogP contribution in [0.25, 0.3) is 0 Å². The second kappa shape index (κ2) is 5.72. The zero-order chi connectivity index (χ0) is 9.61. The van der Waals surface area contributed by atoms with Crippen LogP contribution in [0.2, 0.25) is 0 Å². The van der Waals surface area contributed by atoms with Crippen LogP contribution in [0.15, 0.2) is 11.5 Å². The topological polar surface area (TPSA) is 37.4 Å². The van der Waals surface area contributed by atoms with E-state index in [9.17, 15) is 8.42 Å². The predicted molar refractivity (Wildman–Crippen MR) is 55.3 cm³/mol. The SMILES string of the molecule is CN(C)CCS(=O)(=O)/C=C/CBr. The lowest BCUT2D eigenvalue weighted by atomic mass is 10.7. The Labute approximate surface area is 82.5 Å². The summed E-state index contributed by atoms with van der Waals surface area (Å²) in [7, 11) is 0.711. The summed E-state index contributed by atoms with van der Waals surface area (Å²) in [5, 5.41) is 1.83. The van der Waals surface area contributed by atoms with Crippen molar-refractivity contribution in [2.45, 2.75) is 0 Å². The van der Waals surface area contributed by atoms with E-state index in [0.29, 0.717) is 11.9 Å². The Morgan fingerprint density at radius 3 is 2.42 bits per heavy atom. The van der Waals surface area contributed by atoms with Gasteiger partial charge < -0.3 is 4.90 Å². The molecule has 0 aromatic carbocycles. The van der Waals surface area contributed by atoms with E-state index in [-0.39, 0.29) is 5.75 Å². The van der Waals surface area contributed by atoms with E-state index >= 15 is 0 Å². The summed E-state index contributed by atoms with van der Waals surface area (Å²) in [6, 6.07) is 0. The van der Waals surface area contributed by atoms with E-state index in [0.717, 1.165) is 0 Å². The van der Waals surface area contributed by atoms with Crippen LogP contribution in [0.3, 0.4) is 0 Å². The van der Waals surface area contributed by atoms with Crippen molar-refractivity contribution in [3.8, 4) is 0 Å². The molecule has 0 aliphatic carbocycles. The molecule has 0 rings (SSSR count). The van der Waals surface area contributed by atoms with E-state index in [1.807, 2.05) is 19.0 Å². The Balaban J connectivity index is 3.98. The molecule has 0 aliphatic heterocycles. The van der Waals surface area contributed by atoms with Crippen LogP contribution >= 0.6 is 15.9 Å². The highest BCUT2D eigenvalue weighted by Gasteiger charge is 2.05. The second-order valence-electron chi connectivity index (χ2n) is 2.70. The number of alkyl halides is 1. The zero-order valence-corrected chi connectivity index (χ0v) is 9.73. The summed E-state index contributed by atoms with van der Waals surface area (Å²) in [5.41, 5.74) is 0. The Morgan fingerprint density at radius 2 is 2.00 bits per heavy atom. The molecule has 3 nitrogen and oxygen atoms in total. The molecule has 0 aliphatic rings. The summed E-state index contributed by atoms with van der Waals surface area (Å²) in [4.78, 5) is 1.85. The van der Waals surface area contributed by atoms with Gasteiger partial charge in [0.15, 0.2) is 9.84 Å². The van der Waals surface area contributed by atoms with Gasteiger partial charge in [0.05, 0.1) is 5.75 Å². The molecular formula is C7H14BrNO2S. The van der Waals surface area contributed by atoms with Gasteiger partial charge in [-0.15, -0.1) is 0 Å². The number of nitrogens with zero attached hydrogens (tertiary/aromatic N) is 1. The number of rotatable bonds is 5. The molecular weight excluding hydrogens is 242 g/mol. The van der Waals surface area contributed by atoms with Gasteiger partial charge >= 0.3 is 0 Å². The number of sulfone groups is 1. The number of hydrogen-bond acceptors (Lipinski definition) is 3. The lowest BCUT2D eigenvalue weighted by Crippen LogP contribution is -2.20. The van der Waals surface area contributed by atoms with E-state index in [4.69, 9.17) is 0 Å². The van der Waals surface area contributed by atoms with Crippen LogP contribution in [0.4, 0.5) is 0 Å². The summed E-state index contributed by atoms with van der Waals surface area (Å²) < 4.78 is 22.3. The van der Waals surface area contributed by atoms with Gasteiger partial charge in [0.25, 0.3) is 0 Å². The molecule has 12 heavy (non-hydrogen) atoms. The molecule has 72 valence electrons. The summed E-state index contributed by atoms with van der Waals surface area (Å²) in [6.07, 6.45) is 1.59. The first-order valence-electron chi connectivity index (χ1n) is 3.58. The van der Waals surface area contributed by atoms with Crippen molar-refractivity contribution >= 4 is 25.8 Å². The molecule has 0 atom stereocenters. The molecule has 0 radical (unpaired) electrons. The second-order valence-corrected chi connectivity index (χ2v) is 5.35. The fraction of sp³-hybridized carbons (Fsp3) is 0.714. The Morgan fingerprint density at radius 1 is 1.42 bits per heavy atom. The average Bonchev–Trinajstić information content (AvgIpc) is 1.98. The fourth-order valence-corrected chi connectivity index (χ4v) is 2.14. The van der Waals surface area contributed by atoms with Crippen molar-refractivity contribution in [1.82, 2.24) is 4.90 Å². The van der Waals surface area contributed by atoms with Crippen molar-refractivity contribution in [2.24, 2.45) is 0 Å². The summed E-state index contributed by atoms with van der Waals surface area (Å²) in [5.74, 6) is 0.184. The molecule has 5 heteroatoms. The van der Waals surface area contributed by atoms with E-state index < -0.39 is 9.84 Å². The third-order valence-corrected chi connectivity index (χ3v) is 2.95. The average molecular weight is 256 g/mol. The first-order valence-corrected chi connectivity index (χ1v) is 6.41. The lowest BCUT2D eigenvalue weighted by molar-refractivity contribution is 0.433. The van der Waals surface area contributed by atoms with Gasteiger partial charge in [-0.25, -0.2) is 8.42 Å². The summed E-state index contributed by atoms with van der Waals surface area (Å²) >= 11 is 3.12. The van der Waals surface area contributed by atoms with E-state index in [2.05, 4.69) is 15.9 Å². The molecule has 0 aromatic rings. The van der Waals surface area contributed by atoms with Crippen LogP contribution in [0.5, 0.6) is 0 Å². The fourth-order valence-electron chi connectivity index (χ4n) is 0.561. The van der Waals surface area contributed by atoms with Crippen LogP contribution < -0.4 is 0 Å². The van der Waals surface area contributed by atoms with Crippen LogP contribution in [-0.4, -0.2) is 45.0 Å².